The average molecular weight is 310 g/mol. The molecule has 0 aliphatic heterocycles. The summed E-state index contributed by atoms with van der Waals surface area (Å²) in [6, 6.07) is 6.09. The molecule has 1 atom stereocenters. The van der Waals surface area contributed by atoms with Gasteiger partial charge < -0.3 is 5.73 Å². The van der Waals surface area contributed by atoms with Crippen molar-refractivity contribution in [3.8, 4) is 0 Å². The Morgan fingerprint density at radius 1 is 1.35 bits per heavy atom. The first-order valence-corrected chi connectivity index (χ1v) is 6.76. The van der Waals surface area contributed by atoms with Crippen LogP contribution < -0.4 is 5.73 Å². The van der Waals surface area contributed by atoms with E-state index in [-0.39, 0.29) is 6.04 Å². The summed E-state index contributed by atoms with van der Waals surface area (Å²) in [5.41, 5.74) is 7.07. The van der Waals surface area contributed by atoms with Crippen LogP contribution in [-0.2, 0) is 0 Å². The van der Waals surface area contributed by atoms with Crippen LogP contribution in [0.4, 0.5) is 0 Å². The number of hydrogen-bond donors (Lipinski definition) is 1. The monoisotopic (exact) mass is 309 g/mol. The molecule has 1 aromatic heterocycles. The maximum atomic E-state index is 5.97. The minimum Gasteiger partial charge on any atom is -0.324 e. The van der Waals surface area contributed by atoms with E-state index in [0.717, 1.165) is 20.0 Å². The zero-order valence-electron chi connectivity index (χ0n) is 9.30. The van der Waals surface area contributed by atoms with E-state index in [1.165, 1.54) is 0 Å². The van der Waals surface area contributed by atoms with Crippen molar-refractivity contribution in [2.75, 3.05) is 0 Å². The van der Waals surface area contributed by atoms with Crippen LogP contribution in [0.1, 0.15) is 18.5 Å². The van der Waals surface area contributed by atoms with Gasteiger partial charge in [-0.1, -0.05) is 27.7 Å². The van der Waals surface area contributed by atoms with E-state index in [9.17, 15) is 0 Å². The fourth-order valence-corrected chi connectivity index (χ4v) is 2.75. The predicted molar refractivity (Wildman–Crippen MR) is 72.9 cm³/mol. The molecule has 2 N–H and O–H groups in total. The molecule has 0 aliphatic carbocycles. The number of nitrogens with zero attached hydrogens (tertiary/aromatic N) is 2. The summed E-state index contributed by atoms with van der Waals surface area (Å²) in [7, 11) is 0. The topological polar surface area (TPSA) is 51.8 Å². The Hall–Kier alpha value is -0.910. The largest absolute Gasteiger partial charge is 0.324 e. The maximum absolute atomic E-state index is 5.97. The summed E-state index contributed by atoms with van der Waals surface area (Å²) in [6.07, 6.45) is 5.10. The molecule has 1 unspecified atom stereocenters. The summed E-state index contributed by atoms with van der Waals surface area (Å²) in [4.78, 5) is 9.41. The molecule has 1 heterocycles. The maximum Gasteiger partial charge on any atom is 0.119 e. The first-order chi connectivity index (χ1) is 8.16. The van der Waals surface area contributed by atoms with E-state index in [0.29, 0.717) is 0 Å². The summed E-state index contributed by atoms with van der Waals surface area (Å²) in [6.45, 7) is 1.97. The Morgan fingerprint density at radius 2 is 2.18 bits per heavy atom. The summed E-state index contributed by atoms with van der Waals surface area (Å²) < 4.78 is 1.04. The van der Waals surface area contributed by atoms with Gasteiger partial charge in [0.15, 0.2) is 0 Å². The number of aromatic nitrogens is 2. The van der Waals surface area contributed by atoms with Crippen molar-refractivity contribution in [3.05, 3.63) is 46.8 Å². The molecule has 17 heavy (non-hydrogen) atoms. The Labute approximate surface area is 113 Å². The molecule has 88 valence electrons. The van der Waals surface area contributed by atoms with Gasteiger partial charge in [-0.2, -0.15) is 0 Å². The Bertz CT molecular complexity index is 502. The molecule has 0 fully saturated rings. The normalized spacial score (nSPS) is 12.4. The lowest BCUT2D eigenvalue weighted by Crippen LogP contribution is -2.06. The van der Waals surface area contributed by atoms with Gasteiger partial charge in [0.25, 0.3) is 0 Å². The van der Waals surface area contributed by atoms with Crippen LogP contribution in [0.25, 0.3) is 0 Å². The third-order valence-electron chi connectivity index (χ3n) is 2.22. The molecule has 2 aromatic rings. The van der Waals surface area contributed by atoms with Gasteiger partial charge in [-0.25, -0.2) is 4.98 Å². The summed E-state index contributed by atoms with van der Waals surface area (Å²) in [5.74, 6) is 0. The van der Waals surface area contributed by atoms with Gasteiger partial charge in [0.05, 0.1) is 6.20 Å². The highest BCUT2D eigenvalue weighted by atomic mass is 79.9. The standard InChI is InChI=1S/C12H12BrN3S/c1-8(14)10-6-9(13)2-3-11(10)17-12-7-15-4-5-16-12/h2-8H,14H2,1H3. The van der Waals surface area contributed by atoms with Gasteiger partial charge >= 0.3 is 0 Å². The van der Waals surface area contributed by atoms with E-state index < -0.39 is 0 Å². The van der Waals surface area contributed by atoms with Crippen LogP contribution >= 0.6 is 27.7 Å². The highest BCUT2D eigenvalue weighted by molar-refractivity contribution is 9.10. The molecular formula is C12H12BrN3S. The van der Waals surface area contributed by atoms with Crippen LogP contribution in [0.15, 0.2) is 51.2 Å². The SMILES string of the molecule is CC(N)c1cc(Br)ccc1Sc1cnccn1. The van der Waals surface area contributed by atoms with Crippen molar-refractivity contribution >= 4 is 27.7 Å². The lowest BCUT2D eigenvalue weighted by molar-refractivity contribution is 0.796. The Balaban J connectivity index is 2.33. The van der Waals surface area contributed by atoms with Crippen molar-refractivity contribution in [1.82, 2.24) is 9.97 Å². The highest BCUT2D eigenvalue weighted by Crippen LogP contribution is 2.32. The van der Waals surface area contributed by atoms with E-state index in [2.05, 4.69) is 25.9 Å². The third-order valence-corrected chi connectivity index (χ3v) is 3.72. The van der Waals surface area contributed by atoms with Gasteiger partial charge in [0, 0.05) is 27.8 Å². The van der Waals surface area contributed by atoms with Gasteiger partial charge in [-0.05, 0) is 30.7 Å². The molecule has 0 radical (unpaired) electrons. The highest BCUT2D eigenvalue weighted by Gasteiger charge is 2.09. The van der Waals surface area contributed by atoms with E-state index in [4.69, 9.17) is 5.73 Å². The first-order valence-electron chi connectivity index (χ1n) is 5.15. The molecule has 0 saturated heterocycles. The van der Waals surface area contributed by atoms with Crippen LogP contribution in [0.2, 0.25) is 0 Å². The zero-order chi connectivity index (χ0) is 12.3. The van der Waals surface area contributed by atoms with Crippen LogP contribution in [0, 0.1) is 0 Å². The molecule has 0 bridgehead atoms. The quantitative estimate of drug-likeness (QED) is 0.944. The van der Waals surface area contributed by atoms with Crippen molar-refractivity contribution in [2.45, 2.75) is 22.9 Å². The van der Waals surface area contributed by atoms with Crippen molar-refractivity contribution in [3.63, 3.8) is 0 Å². The molecule has 0 aliphatic rings. The second-order valence-corrected chi connectivity index (χ2v) is 5.59. The zero-order valence-corrected chi connectivity index (χ0v) is 11.7. The van der Waals surface area contributed by atoms with Gasteiger partial charge in [0.2, 0.25) is 0 Å². The molecule has 0 spiro atoms. The molecule has 3 nitrogen and oxygen atoms in total. The molecule has 0 amide bonds. The fourth-order valence-electron chi connectivity index (χ4n) is 1.42. The molecule has 2 rings (SSSR count). The lowest BCUT2D eigenvalue weighted by Gasteiger charge is -2.12. The van der Waals surface area contributed by atoms with E-state index in [1.54, 1.807) is 30.4 Å². The number of halogens is 1. The average Bonchev–Trinajstić information content (AvgIpc) is 2.32. The number of hydrogen-bond acceptors (Lipinski definition) is 4. The third kappa shape index (κ3) is 3.28. The van der Waals surface area contributed by atoms with Gasteiger partial charge in [-0.15, -0.1) is 0 Å². The van der Waals surface area contributed by atoms with E-state index in [1.807, 2.05) is 25.1 Å². The fraction of sp³-hybridized carbons (Fsp3) is 0.167. The molecule has 0 saturated carbocycles. The predicted octanol–water partition coefficient (Wildman–Crippen LogP) is 3.41. The van der Waals surface area contributed by atoms with Crippen LogP contribution in [-0.4, -0.2) is 9.97 Å². The van der Waals surface area contributed by atoms with Crippen LogP contribution in [0.3, 0.4) is 0 Å². The number of rotatable bonds is 3. The molecular weight excluding hydrogens is 298 g/mol. The second-order valence-electron chi connectivity index (χ2n) is 3.62. The number of benzene rings is 1. The first kappa shape index (κ1) is 12.5. The minimum absolute atomic E-state index is 0.00771. The van der Waals surface area contributed by atoms with E-state index >= 15 is 0 Å². The van der Waals surface area contributed by atoms with Crippen molar-refractivity contribution < 1.29 is 0 Å². The summed E-state index contributed by atoms with van der Waals surface area (Å²) in [5, 5.41) is 0.872. The minimum atomic E-state index is -0.00771. The molecule has 5 heteroatoms. The Kier molecular flexibility index (Phi) is 4.15. The molecule has 1 aromatic carbocycles. The van der Waals surface area contributed by atoms with Crippen LogP contribution in [0.5, 0.6) is 0 Å². The van der Waals surface area contributed by atoms with Crippen molar-refractivity contribution in [1.29, 1.82) is 0 Å². The second kappa shape index (κ2) is 5.62. The number of nitrogens with two attached hydrogens (primary N) is 1. The van der Waals surface area contributed by atoms with Gasteiger partial charge in [-0.3, -0.25) is 4.98 Å². The lowest BCUT2D eigenvalue weighted by atomic mass is 10.1. The Morgan fingerprint density at radius 3 is 2.82 bits per heavy atom. The van der Waals surface area contributed by atoms with Crippen molar-refractivity contribution in [2.24, 2.45) is 5.73 Å². The van der Waals surface area contributed by atoms with Gasteiger partial charge in [0.1, 0.15) is 5.03 Å². The summed E-state index contributed by atoms with van der Waals surface area (Å²) >= 11 is 5.03. The smallest absolute Gasteiger partial charge is 0.119 e.